The summed E-state index contributed by atoms with van der Waals surface area (Å²) in [5.74, 6) is 0. The van der Waals surface area contributed by atoms with Crippen LogP contribution in [0.5, 0.6) is 0 Å². The summed E-state index contributed by atoms with van der Waals surface area (Å²) < 4.78 is 2.42. The van der Waals surface area contributed by atoms with Crippen molar-refractivity contribution in [3.05, 3.63) is 36.0 Å². The van der Waals surface area contributed by atoms with Gasteiger partial charge in [0.15, 0.2) is 0 Å². The van der Waals surface area contributed by atoms with Crippen LogP contribution in [0.3, 0.4) is 0 Å². The van der Waals surface area contributed by atoms with Crippen molar-refractivity contribution in [3.8, 4) is 0 Å². The lowest BCUT2D eigenvalue weighted by molar-refractivity contribution is 0.486. The van der Waals surface area contributed by atoms with Gasteiger partial charge in [-0.3, -0.25) is 0 Å². The second-order valence-corrected chi connectivity index (χ2v) is 4.20. The van der Waals surface area contributed by atoms with Gasteiger partial charge in [0.05, 0.1) is 0 Å². The highest BCUT2D eigenvalue weighted by molar-refractivity contribution is 5.83. The lowest BCUT2D eigenvalue weighted by Crippen LogP contribution is -2.04. The Morgan fingerprint density at radius 2 is 1.87 bits per heavy atom. The van der Waals surface area contributed by atoms with Gasteiger partial charge in [-0.15, -0.1) is 0 Å². The van der Waals surface area contributed by atoms with Gasteiger partial charge in [-0.2, -0.15) is 0 Å². The van der Waals surface area contributed by atoms with Crippen LogP contribution in [0.25, 0.3) is 10.9 Å². The van der Waals surface area contributed by atoms with Gasteiger partial charge in [0.1, 0.15) is 0 Å². The van der Waals surface area contributed by atoms with Gasteiger partial charge in [0.25, 0.3) is 0 Å². The first-order valence-corrected chi connectivity index (χ1v) is 5.84. The number of aromatic nitrogens is 1. The number of aryl methyl sites for hydroxylation is 1. The third-order valence-electron chi connectivity index (χ3n) is 3.32. The molecule has 1 aromatic carbocycles. The van der Waals surface area contributed by atoms with Crippen molar-refractivity contribution >= 4 is 10.9 Å². The Morgan fingerprint density at radius 3 is 2.53 bits per heavy atom. The van der Waals surface area contributed by atoms with Gasteiger partial charge in [0.2, 0.25) is 0 Å². The van der Waals surface area contributed by atoms with Gasteiger partial charge in [0, 0.05) is 23.1 Å². The second-order valence-electron chi connectivity index (χ2n) is 4.20. The van der Waals surface area contributed by atoms with Crippen molar-refractivity contribution < 1.29 is 0 Å². The third kappa shape index (κ3) is 1.67. The maximum atomic E-state index is 2.42. The highest BCUT2D eigenvalue weighted by Gasteiger charge is 2.09. The maximum Gasteiger partial charge on any atom is 0.0485 e. The van der Waals surface area contributed by atoms with Crippen molar-refractivity contribution in [3.63, 3.8) is 0 Å². The summed E-state index contributed by atoms with van der Waals surface area (Å²) in [5, 5.41) is 1.39. The zero-order valence-corrected chi connectivity index (χ0v) is 9.83. The number of benzene rings is 1. The molecule has 2 aromatic rings. The molecule has 2 rings (SSSR count). The van der Waals surface area contributed by atoms with Gasteiger partial charge < -0.3 is 4.57 Å². The molecule has 15 heavy (non-hydrogen) atoms. The Bertz CT molecular complexity index is 449. The Balaban J connectivity index is 2.58. The molecule has 0 fully saturated rings. The summed E-state index contributed by atoms with van der Waals surface area (Å²) in [7, 11) is 0. The highest BCUT2D eigenvalue weighted by Crippen LogP contribution is 2.25. The quantitative estimate of drug-likeness (QED) is 0.697. The van der Waals surface area contributed by atoms with E-state index in [1.807, 2.05) is 0 Å². The standard InChI is InChI=1S/C14H19N/c1-4-12(5-2)15-10-9-13-11(3)7-6-8-14(13)15/h6-10,12H,4-5H2,1-3H3. The van der Waals surface area contributed by atoms with E-state index in [2.05, 4.69) is 55.8 Å². The molecule has 0 radical (unpaired) electrons. The topological polar surface area (TPSA) is 4.93 Å². The molecule has 0 aliphatic carbocycles. The first-order valence-electron chi connectivity index (χ1n) is 5.84. The zero-order chi connectivity index (χ0) is 10.8. The zero-order valence-electron chi connectivity index (χ0n) is 9.83. The minimum Gasteiger partial charge on any atom is -0.344 e. The molecule has 1 aromatic heterocycles. The van der Waals surface area contributed by atoms with E-state index in [0.29, 0.717) is 6.04 Å². The molecule has 0 aliphatic rings. The third-order valence-corrected chi connectivity index (χ3v) is 3.32. The average molecular weight is 201 g/mol. The molecule has 1 heteroatoms. The van der Waals surface area contributed by atoms with Crippen LogP contribution in [0.2, 0.25) is 0 Å². The number of nitrogens with zero attached hydrogens (tertiary/aromatic N) is 1. The van der Waals surface area contributed by atoms with Crippen LogP contribution in [0.15, 0.2) is 30.5 Å². The Morgan fingerprint density at radius 1 is 1.13 bits per heavy atom. The fourth-order valence-electron chi connectivity index (χ4n) is 2.34. The predicted octanol–water partition coefficient (Wildman–Crippen LogP) is 4.31. The summed E-state index contributed by atoms with van der Waals surface area (Å²) in [4.78, 5) is 0. The molecule has 0 spiro atoms. The fourth-order valence-corrected chi connectivity index (χ4v) is 2.34. The second kappa shape index (κ2) is 4.09. The van der Waals surface area contributed by atoms with Crippen LogP contribution in [-0.4, -0.2) is 4.57 Å². The van der Waals surface area contributed by atoms with Crippen molar-refractivity contribution in [1.82, 2.24) is 4.57 Å². The monoisotopic (exact) mass is 201 g/mol. The van der Waals surface area contributed by atoms with Gasteiger partial charge in [-0.1, -0.05) is 26.0 Å². The molecule has 0 saturated carbocycles. The number of hydrogen-bond donors (Lipinski definition) is 0. The van der Waals surface area contributed by atoms with E-state index in [1.54, 1.807) is 0 Å². The van der Waals surface area contributed by atoms with Gasteiger partial charge >= 0.3 is 0 Å². The van der Waals surface area contributed by atoms with Crippen molar-refractivity contribution in [2.75, 3.05) is 0 Å². The molecule has 0 aliphatic heterocycles. The van der Waals surface area contributed by atoms with Crippen LogP contribution in [-0.2, 0) is 0 Å². The summed E-state index contributed by atoms with van der Waals surface area (Å²) in [6.07, 6.45) is 4.64. The minimum absolute atomic E-state index is 0.643. The van der Waals surface area contributed by atoms with Crippen LogP contribution in [0.1, 0.15) is 38.3 Å². The van der Waals surface area contributed by atoms with Crippen molar-refractivity contribution in [2.45, 2.75) is 39.7 Å². The Kier molecular flexibility index (Phi) is 2.81. The van der Waals surface area contributed by atoms with Crippen LogP contribution >= 0.6 is 0 Å². The number of hydrogen-bond acceptors (Lipinski definition) is 0. The van der Waals surface area contributed by atoms with Crippen LogP contribution < -0.4 is 0 Å². The van der Waals surface area contributed by atoms with Crippen LogP contribution in [0, 0.1) is 6.92 Å². The van der Waals surface area contributed by atoms with E-state index in [0.717, 1.165) is 0 Å². The summed E-state index contributed by atoms with van der Waals surface area (Å²) in [6.45, 7) is 6.70. The lowest BCUT2D eigenvalue weighted by Gasteiger charge is -2.16. The SMILES string of the molecule is CCC(CC)n1ccc2c(C)cccc21. The van der Waals surface area contributed by atoms with E-state index < -0.39 is 0 Å². The number of rotatable bonds is 3. The lowest BCUT2D eigenvalue weighted by atomic mass is 10.1. The van der Waals surface area contributed by atoms with E-state index in [-0.39, 0.29) is 0 Å². The van der Waals surface area contributed by atoms with E-state index in [4.69, 9.17) is 0 Å². The Labute approximate surface area is 91.7 Å². The summed E-state index contributed by atoms with van der Waals surface area (Å²) in [5.41, 5.74) is 2.75. The Hall–Kier alpha value is -1.24. The van der Waals surface area contributed by atoms with E-state index >= 15 is 0 Å². The molecule has 1 heterocycles. The van der Waals surface area contributed by atoms with Gasteiger partial charge in [-0.25, -0.2) is 0 Å². The molecular formula is C14H19N. The average Bonchev–Trinajstić information content (AvgIpc) is 2.66. The van der Waals surface area contributed by atoms with E-state index in [9.17, 15) is 0 Å². The highest BCUT2D eigenvalue weighted by atomic mass is 15.0. The van der Waals surface area contributed by atoms with Crippen molar-refractivity contribution in [2.24, 2.45) is 0 Å². The van der Waals surface area contributed by atoms with Gasteiger partial charge in [-0.05, 0) is 37.5 Å². The largest absolute Gasteiger partial charge is 0.344 e. The summed E-state index contributed by atoms with van der Waals surface area (Å²) in [6, 6.07) is 9.43. The molecule has 1 nitrogen and oxygen atoms in total. The smallest absolute Gasteiger partial charge is 0.0485 e. The van der Waals surface area contributed by atoms with Crippen molar-refractivity contribution in [1.29, 1.82) is 0 Å². The molecule has 80 valence electrons. The number of fused-ring (bicyclic) bond motifs is 1. The van der Waals surface area contributed by atoms with E-state index in [1.165, 1.54) is 29.3 Å². The van der Waals surface area contributed by atoms with Crippen LogP contribution in [0.4, 0.5) is 0 Å². The molecule has 0 saturated heterocycles. The summed E-state index contributed by atoms with van der Waals surface area (Å²) >= 11 is 0. The predicted molar refractivity (Wildman–Crippen MR) is 66.3 cm³/mol. The molecule has 0 amide bonds. The normalized spacial score (nSPS) is 11.5. The molecule has 0 atom stereocenters. The fraction of sp³-hybridized carbons (Fsp3) is 0.429. The molecule has 0 unspecified atom stereocenters. The molecule has 0 bridgehead atoms. The minimum atomic E-state index is 0.643. The molecular weight excluding hydrogens is 182 g/mol. The first kappa shape index (κ1) is 10.3. The maximum absolute atomic E-state index is 2.42. The molecule has 0 N–H and O–H groups in total. The first-order chi connectivity index (χ1) is 7.27.